The second-order valence-electron chi connectivity index (χ2n) is 6.94. The van der Waals surface area contributed by atoms with Crippen molar-refractivity contribution in [1.82, 2.24) is 0 Å². The van der Waals surface area contributed by atoms with Crippen LogP contribution in [0.5, 0.6) is 0 Å². The zero-order chi connectivity index (χ0) is 20.8. The van der Waals surface area contributed by atoms with E-state index >= 15 is 0 Å². The minimum Gasteiger partial charge on any atom is -0.360 e. The molecule has 0 bridgehead atoms. The molecule has 8 heteroatoms. The lowest BCUT2D eigenvalue weighted by atomic mass is 10.1. The van der Waals surface area contributed by atoms with Gasteiger partial charge in [-0.1, -0.05) is 23.9 Å². The molecular formula is C21H24F2N3O2S+. The van der Waals surface area contributed by atoms with E-state index in [-0.39, 0.29) is 11.7 Å². The van der Waals surface area contributed by atoms with Crippen LogP contribution in [-0.4, -0.2) is 50.2 Å². The van der Waals surface area contributed by atoms with E-state index in [1.165, 1.54) is 0 Å². The first-order valence-electron chi connectivity index (χ1n) is 9.45. The number of thioether (sulfide) groups is 1. The van der Waals surface area contributed by atoms with E-state index in [0.29, 0.717) is 34.5 Å². The van der Waals surface area contributed by atoms with Gasteiger partial charge in [-0.3, -0.25) is 9.59 Å². The number of benzene rings is 2. The van der Waals surface area contributed by atoms with Crippen molar-refractivity contribution in [2.75, 3.05) is 42.9 Å². The van der Waals surface area contributed by atoms with Crippen molar-refractivity contribution in [3.05, 3.63) is 54.1 Å². The third kappa shape index (κ3) is 6.01. The molecule has 1 saturated heterocycles. The number of nitrogens with one attached hydrogen (secondary N) is 2. The molecule has 1 aliphatic rings. The fraction of sp³-hybridized carbons (Fsp3) is 0.333. The summed E-state index contributed by atoms with van der Waals surface area (Å²) in [6.07, 6.45) is 0. The van der Waals surface area contributed by atoms with Crippen LogP contribution in [0.1, 0.15) is 17.3 Å². The first kappa shape index (κ1) is 21.3. The third-order valence-electron chi connectivity index (χ3n) is 4.90. The Morgan fingerprint density at radius 3 is 2.38 bits per heavy atom. The molecule has 2 N–H and O–H groups in total. The van der Waals surface area contributed by atoms with Gasteiger partial charge in [0.05, 0.1) is 31.9 Å². The Bertz CT molecular complexity index is 853. The van der Waals surface area contributed by atoms with Gasteiger partial charge in [-0.05, 0) is 43.3 Å². The number of alkyl halides is 2. The highest BCUT2D eigenvalue weighted by molar-refractivity contribution is 7.99. The topological polar surface area (TPSA) is 53.9 Å². The first-order valence-corrected chi connectivity index (χ1v) is 10.3. The summed E-state index contributed by atoms with van der Waals surface area (Å²) in [6.45, 7) is 5.06. The molecule has 29 heavy (non-hydrogen) atoms. The second kappa shape index (κ2) is 9.84. The first-order chi connectivity index (χ1) is 13.9. The monoisotopic (exact) mass is 420 g/mol. The van der Waals surface area contributed by atoms with Gasteiger partial charge in [0.1, 0.15) is 0 Å². The van der Waals surface area contributed by atoms with Gasteiger partial charge < -0.3 is 15.1 Å². The largest absolute Gasteiger partial charge is 0.360 e. The Morgan fingerprint density at radius 2 is 1.76 bits per heavy atom. The number of piperazine rings is 1. The van der Waals surface area contributed by atoms with E-state index in [1.54, 1.807) is 31.2 Å². The van der Waals surface area contributed by atoms with Crippen molar-refractivity contribution in [3.8, 4) is 0 Å². The second-order valence-corrected chi connectivity index (χ2v) is 7.97. The summed E-state index contributed by atoms with van der Waals surface area (Å²) >= 11 is 0.431. The van der Waals surface area contributed by atoms with Gasteiger partial charge in [0.25, 0.3) is 11.7 Å². The average molecular weight is 421 g/mol. The number of anilines is 2. The molecule has 0 radical (unpaired) electrons. The maximum atomic E-state index is 12.7. The van der Waals surface area contributed by atoms with Crippen LogP contribution in [0.3, 0.4) is 0 Å². The van der Waals surface area contributed by atoms with Crippen LogP contribution < -0.4 is 15.1 Å². The van der Waals surface area contributed by atoms with Crippen molar-refractivity contribution >= 4 is 34.8 Å². The van der Waals surface area contributed by atoms with Gasteiger partial charge in [0, 0.05) is 16.1 Å². The number of quaternary nitrogens is 1. The lowest BCUT2D eigenvalue weighted by molar-refractivity contribution is -0.892. The summed E-state index contributed by atoms with van der Waals surface area (Å²) in [7, 11) is 0. The number of rotatable bonds is 7. The zero-order valence-electron chi connectivity index (χ0n) is 16.2. The predicted molar refractivity (Wildman–Crippen MR) is 111 cm³/mol. The standard InChI is InChI=1S/C21H23F2N3O2S/c1-15(27)16-6-8-17(9-7-16)26-12-10-25(11-13-26)14-20(28)24-18-4-2-3-5-19(18)29-21(22)23/h2-9,21H,10-14H2,1H3,(H,24,28)/p+1. The molecular weight excluding hydrogens is 396 g/mol. The molecule has 1 heterocycles. The molecule has 0 unspecified atom stereocenters. The number of para-hydroxylation sites is 1. The number of nitrogens with zero attached hydrogens (tertiary/aromatic N) is 1. The van der Waals surface area contributed by atoms with Crippen molar-refractivity contribution in [3.63, 3.8) is 0 Å². The minimum absolute atomic E-state index is 0.0466. The van der Waals surface area contributed by atoms with Crippen molar-refractivity contribution in [1.29, 1.82) is 0 Å². The van der Waals surface area contributed by atoms with Gasteiger partial charge in [-0.15, -0.1) is 0 Å². The number of carbonyl (C=O) groups is 2. The molecule has 5 nitrogen and oxygen atoms in total. The Labute approximate surface area is 173 Å². The van der Waals surface area contributed by atoms with Crippen LogP contribution in [0.15, 0.2) is 53.4 Å². The van der Waals surface area contributed by atoms with Crippen LogP contribution in [0.2, 0.25) is 0 Å². The molecule has 2 aromatic carbocycles. The molecule has 0 saturated carbocycles. The van der Waals surface area contributed by atoms with Crippen LogP contribution in [0.4, 0.5) is 20.2 Å². The Balaban J connectivity index is 1.50. The average Bonchev–Trinajstić information content (AvgIpc) is 2.70. The molecule has 1 amide bonds. The number of Topliss-reactive ketones (excluding diaryl/α,β-unsaturated/α-hetero) is 1. The van der Waals surface area contributed by atoms with E-state index in [9.17, 15) is 18.4 Å². The van der Waals surface area contributed by atoms with E-state index < -0.39 is 5.76 Å². The number of hydrogen-bond donors (Lipinski definition) is 2. The number of hydrogen-bond acceptors (Lipinski definition) is 4. The fourth-order valence-corrected chi connectivity index (χ4v) is 3.95. The highest BCUT2D eigenvalue weighted by Gasteiger charge is 2.23. The molecule has 3 rings (SSSR count). The summed E-state index contributed by atoms with van der Waals surface area (Å²) in [4.78, 5) is 27.5. The lowest BCUT2D eigenvalue weighted by Crippen LogP contribution is -3.15. The SMILES string of the molecule is CC(=O)c1ccc(N2CC[NH+](CC(=O)Nc3ccccc3SC(F)F)CC2)cc1. The highest BCUT2D eigenvalue weighted by atomic mass is 32.2. The van der Waals surface area contributed by atoms with Crippen LogP contribution >= 0.6 is 11.8 Å². The maximum Gasteiger partial charge on any atom is 0.288 e. The number of amides is 1. The van der Waals surface area contributed by atoms with Gasteiger partial charge in [-0.2, -0.15) is 8.78 Å². The van der Waals surface area contributed by atoms with Crippen molar-refractivity contribution in [2.24, 2.45) is 0 Å². The summed E-state index contributed by atoms with van der Waals surface area (Å²) in [6, 6.07) is 14.2. The highest BCUT2D eigenvalue weighted by Crippen LogP contribution is 2.31. The van der Waals surface area contributed by atoms with Gasteiger partial charge in [-0.25, -0.2) is 0 Å². The fourth-order valence-electron chi connectivity index (χ4n) is 3.35. The lowest BCUT2D eigenvalue weighted by Gasteiger charge is -2.33. The van der Waals surface area contributed by atoms with Crippen LogP contribution in [0.25, 0.3) is 0 Å². The quantitative estimate of drug-likeness (QED) is 0.534. The number of carbonyl (C=O) groups excluding carboxylic acids is 2. The van der Waals surface area contributed by atoms with Gasteiger partial charge >= 0.3 is 0 Å². The van der Waals surface area contributed by atoms with E-state index in [0.717, 1.165) is 36.8 Å². The van der Waals surface area contributed by atoms with Crippen LogP contribution in [0, 0.1) is 0 Å². The number of halogens is 2. The van der Waals surface area contributed by atoms with Gasteiger partial charge in [0.2, 0.25) is 0 Å². The summed E-state index contributed by atoms with van der Waals surface area (Å²) in [5.41, 5.74) is 2.18. The smallest absolute Gasteiger partial charge is 0.288 e. The Hall–Kier alpha value is -2.45. The third-order valence-corrected chi connectivity index (χ3v) is 5.69. The zero-order valence-corrected chi connectivity index (χ0v) is 17.0. The molecule has 154 valence electrons. The molecule has 0 aromatic heterocycles. The van der Waals surface area contributed by atoms with Crippen molar-refractivity contribution < 1.29 is 23.3 Å². The van der Waals surface area contributed by atoms with Crippen molar-refractivity contribution in [2.45, 2.75) is 17.6 Å². The molecule has 2 aromatic rings. The van der Waals surface area contributed by atoms with E-state index in [1.807, 2.05) is 24.3 Å². The van der Waals surface area contributed by atoms with Gasteiger partial charge in [0.15, 0.2) is 12.3 Å². The summed E-state index contributed by atoms with van der Waals surface area (Å²) < 4.78 is 25.3. The Morgan fingerprint density at radius 1 is 1.10 bits per heavy atom. The van der Waals surface area contributed by atoms with Crippen LogP contribution in [-0.2, 0) is 4.79 Å². The molecule has 0 aliphatic carbocycles. The molecule has 0 spiro atoms. The maximum absolute atomic E-state index is 12.7. The molecule has 1 fully saturated rings. The Kier molecular flexibility index (Phi) is 7.22. The summed E-state index contributed by atoms with van der Waals surface area (Å²) in [5.74, 6) is -2.66. The van der Waals surface area contributed by atoms with E-state index in [2.05, 4.69) is 10.2 Å². The molecule has 0 atom stereocenters. The summed E-state index contributed by atoms with van der Waals surface area (Å²) in [5, 5.41) is 2.76. The predicted octanol–water partition coefficient (Wildman–Crippen LogP) is 2.55. The minimum atomic E-state index is -2.53. The normalized spacial score (nSPS) is 14.8. The number of ketones is 1. The molecule has 1 aliphatic heterocycles. The van der Waals surface area contributed by atoms with E-state index in [4.69, 9.17) is 0 Å².